The molecule has 1 spiro atoms. The van der Waals surface area contributed by atoms with Gasteiger partial charge in [0.2, 0.25) is 0 Å². The van der Waals surface area contributed by atoms with E-state index in [1.807, 2.05) is 30.3 Å². The van der Waals surface area contributed by atoms with Crippen molar-refractivity contribution in [3.8, 4) is 0 Å². The van der Waals surface area contributed by atoms with Gasteiger partial charge in [0.15, 0.2) is 5.41 Å². The molecule has 1 atom stereocenters. The van der Waals surface area contributed by atoms with E-state index in [4.69, 9.17) is 19.9 Å². The Morgan fingerprint density at radius 3 is 2.39 bits per heavy atom. The number of benzene rings is 2. The first kappa shape index (κ1) is 22.1. The van der Waals surface area contributed by atoms with Crippen LogP contribution in [0.5, 0.6) is 0 Å². The van der Waals surface area contributed by atoms with Crippen LogP contribution in [0.25, 0.3) is 0 Å². The molecule has 0 saturated heterocycles. The van der Waals surface area contributed by atoms with E-state index in [9.17, 15) is 14.4 Å². The fourth-order valence-corrected chi connectivity index (χ4v) is 4.20. The maximum absolute atomic E-state index is 13.5. The molecule has 2 heterocycles. The number of esters is 3. The second kappa shape index (κ2) is 8.46. The number of cyclic esters (lactones) is 1. The lowest BCUT2D eigenvalue weighted by Gasteiger charge is -2.36. The molecule has 2 aromatic carbocycles. The largest absolute Gasteiger partial charge is 0.459 e. The van der Waals surface area contributed by atoms with Crippen molar-refractivity contribution in [2.75, 3.05) is 5.32 Å². The van der Waals surface area contributed by atoms with Gasteiger partial charge in [-0.3, -0.25) is 0 Å². The molecule has 8 nitrogen and oxygen atoms in total. The number of anilines is 1. The number of hydrogen-bond donors (Lipinski definition) is 2. The van der Waals surface area contributed by atoms with E-state index in [1.165, 1.54) is 6.92 Å². The monoisotopic (exact) mass is 448 g/mol. The van der Waals surface area contributed by atoms with Crippen LogP contribution in [-0.2, 0) is 40.6 Å². The molecule has 8 heteroatoms. The van der Waals surface area contributed by atoms with Crippen molar-refractivity contribution in [3.05, 3.63) is 88.5 Å². The highest BCUT2D eigenvalue weighted by Gasteiger charge is 2.62. The van der Waals surface area contributed by atoms with E-state index in [-0.39, 0.29) is 29.3 Å². The third-order valence-electron chi connectivity index (χ3n) is 5.49. The van der Waals surface area contributed by atoms with Crippen molar-refractivity contribution >= 4 is 23.6 Å². The Kier molecular flexibility index (Phi) is 5.68. The molecule has 3 N–H and O–H groups in total. The normalized spacial score (nSPS) is 19.3. The van der Waals surface area contributed by atoms with E-state index >= 15 is 0 Å². The maximum atomic E-state index is 13.5. The molecule has 0 bridgehead atoms. The van der Waals surface area contributed by atoms with Crippen molar-refractivity contribution < 1.29 is 28.6 Å². The average Bonchev–Trinajstić information content (AvgIpc) is 3.02. The highest BCUT2D eigenvalue weighted by atomic mass is 16.6. The van der Waals surface area contributed by atoms with Gasteiger partial charge in [-0.05, 0) is 32.4 Å². The lowest BCUT2D eigenvalue weighted by atomic mass is 9.67. The second-order valence-electron chi connectivity index (χ2n) is 8.05. The highest BCUT2D eigenvalue weighted by molar-refractivity contribution is 6.15. The lowest BCUT2D eigenvalue weighted by Crippen LogP contribution is -2.48. The molecule has 2 aliphatic heterocycles. The van der Waals surface area contributed by atoms with Crippen LogP contribution in [0.3, 0.4) is 0 Å². The Balaban J connectivity index is 1.86. The number of fused-ring (bicyclic) bond motifs is 2. The number of allylic oxidation sites excluding steroid dienone is 1. The Hall–Kier alpha value is -4.07. The van der Waals surface area contributed by atoms with Gasteiger partial charge in [0.25, 0.3) is 0 Å². The predicted octanol–water partition coefficient (Wildman–Crippen LogP) is 3.05. The van der Waals surface area contributed by atoms with Crippen molar-refractivity contribution in [1.82, 2.24) is 0 Å². The Morgan fingerprint density at radius 2 is 1.70 bits per heavy atom. The van der Waals surface area contributed by atoms with Crippen LogP contribution in [0.1, 0.15) is 31.9 Å². The van der Waals surface area contributed by atoms with Crippen LogP contribution in [0, 0.1) is 0 Å². The molecule has 0 fully saturated rings. The number of carbonyl (C=O) groups excluding carboxylic acids is 3. The summed E-state index contributed by atoms with van der Waals surface area (Å²) in [4.78, 5) is 40.1. The zero-order valence-corrected chi connectivity index (χ0v) is 18.5. The summed E-state index contributed by atoms with van der Waals surface area (Å²) < 4.78 is 16.4. The molecule has 4 rings (SSSR count). The summed E-state index contributed by atoms with van der Waals surface area (Å²) in [6.45, 7) is 4.81. The topological polar surface area (TPSA) is 117 Å². The number of para-hydroxylation sites is 1. The van der Waals surface area contributed by atoms with Crippen LogP contribution in [0.4, 0.5) is 5.69 Å². The molecule has 0 saturated carbocycles. The Bertz CT molecular complexity index is 1200. The number of hydrogen-bond acceptors (Lipinski definition) is 8. The minimum atomic E-state index is -1.92. The van der Waals surface area contributed by atoms with Crippen molar-refractivity contribution in [2.24, 2.45) is 5.73 Å². The summed E-state index contributed by atoms with van der Waals surface area (Å²) in [6.07, 6.45) is -0.483. The van der Waals surface area contributed by atoms with E-state index in [0.717, 1.165) is 5.56 Å². The van der Waals surface area contributed by atoms with Crippen molar-refractivity contribution in [2.45, 2.75) is 38.9 Å². The van der Waals surface area contributed by atoms with Gasteiger partial charge in [0, 0.05) is 11.3 Å². The lowest BCUT2D eigenvalue weighted by molar-refractivity contribution is -0.149. The number of nitrogens with one attached hydrogen (secondary N) is 1. The fraction of sp³-hybridized carbons (Fsp3) is 0.240. The minimum Gasteiger partial charge on any atom is -0.459 e. The van der Waals surface area contributed by atoms with E-state index in [2.05, 4.69) is 5.32 Å². The standard InChI is InChI=1S/C25H24N2O6/c1-14(2)32-23(29)20-21(26)27-18-12-8-7-11-17(18)25(20)19(15(3)33-24(25)30)22(28)31-13-16-9-5-4-6-10-16/h4-12,14,27H,13,26H2,1-3H3/t25-/m1/s1. The molecule has 0 amide bonds. The van der Waals surface area contributed by atoms with Gasteiger partial charge in [-0.25, -0.2) is 14.4 Å². The van der Waals surface area contributed by atoms with Gasteiger partial charge >= 0.3 is 17.9 Å². The molecule has 0 aromatic heterocycles. The number of carbonyl (C=O) groups is 3. The summed E-state index contributed by atoms with van der Waals surface area (Å²) in [5.41, 5.74) is 5.60. The van der Waals surface area contributed by atoms with Gasteiger partial charge in [-0.1, -0.05) is 48.5 Å². The molecule has 170 valence electrons. The zero-order chi connectivity index (χ0) is 23.8. The molecule has 0 unspecified atom stereocenters. The molecular weight excluding hydrogens is 424 g/mol. The third kappa shape index (κ3) is 3.63. The summed E-state index contributed by atoms with van der Waals surface area (Å²) in [6, 6.07) is 15.9. The SMILES string of the molecule is CC1=C(C(=O)OCc2ccccc2)[C@@]2(C(=O)O1)C(C(=O)OC(C)C)=C(N)Nc1ccccc12. The summed E-state index contributed by atoms with van der Waals surface area (Å²) >= 11 is 0. The van der Waals surface area contributed by atoms with E-state index in [0.29, 0.717) is 11.3 Å². The van der Waals surface area contributed by atoms with Crippen LogP contribution in [0.2, 0.25) is 0 Å². The quantitative estimate of drug-likeness (QED) is 0.530. The summed E-state index contributed by atoms with van der Waals surface area (Å²) in [5.74, 6) is -2.50. The summed E-state index contributed by atoms with van der Waals surface area (Å²) in [7, 11) is 0. The van der Waals surface area contributed by atoms with Gasteiger partial charge < -0.3 is 25.3 Å². The van der Waals surface area contributed by atoms with Crippen molar-refractivity contribution in [3.63, 3.8) is 0 Å². The first-order valence-electron chi connectivity index (χ1n) is 10.5. The molecule has 33 heavy (non-hydrogen) atoms. The molecular formula is C25H24N2O6. The Morgan fingerprint density at radius 1 is 1.03 bits per heavy atom. The van der Waals surface area contributed by atoms with Crippen LogP contribution >= 0.6 is 0 Å². The predicted molar refractivity (Wildman–Crippen MR) is 119 cm³/mol. The van der Waals surface area contributed by atoms with E-state index in [1.54, 1.807) is 38.1 Å². The highest BCUT2D eigenvalue weighted by Crippen LogP contribution is 2.52. The van der Waals surface area contributed by atoms with Crippen LogP contribution in [0.15, 0.2) is 77.3 Å². The zero-order valence-electron chi connectivity index (χ0n) is 18.5. The van der Waals surface area contributed by atoms with Gasteiger partial charge in [-0.2, -0.15) is 0 Å². The third-order valence-corrected chi connectivity index (χ3v) is 5.49. The number of ether oxygens (including phenoxy) is 3. The smallest absolute Gasteiger partial charge is 0.339 e. The number of rotatable bonds is 5. The minimum absolute atomic E-state index is 0.0222. The molecule has 0 radical (unpaired) electrons. The van der Waals surface area contributed by atoms with E-state index < -0.39 is 29.4 Å². The van der Waals surface area contributed by atoms with Gasteiger partial charge in [-0.15, -0.1) is 0 Å². The van der Waals surface area contributed by atoms with Gasteiger partial charge in [0.05, 0.1) is 6.10 Å². The fourth-order valence-electron chi connectivity index (χ4n) is 4.20. The van der Waals surface area contributed by atoms with Crippen LogP contribution in [-0.4, -0.2) is 24.0 Å². The Labute approximate surface area is 191 Å². The first-order chi connectivity index (χ1) is 15.8. The first-order valence-corrected chi connectivity index (χ1v) is 10.5. The average molecular weight is 448 g/mol. The maximum Gasteiger partial charge on any atom is 0.339 e. The molecule has 2 aromatic rings. The number of nitrogens with two attached hydrogens (primary N) is 1. The van der Waals surface area contributed by atoms with Crippen LogP contribution < -0.4 is 11.1 Å². The summed E-state index contributed by atoms with van der Waals surface area (Å²) in [5, 5.41) is 2.94. The van der Waals surface area contributed by atoms with Crippen molar-refractivity contribution in [1.29, 1.82) is 0 Å². The molecule has 2 aliphatic rings. The molecule has 0 aliphatic carbocycles. The second-order valence-corrected chi connectivity index (χ2v) is 8.05. The van der Waals surface area contributed by atoms with Gasteiger partial charge in [0.1, 0.15) is 29.3 Å².